The minimum atomic E-state index is -4.63. The van der Waals surface area contributed by atoms with Crippen LogP contribution in [0.5, 0.6) is 5.75 Å². The molecule has 0 saturated heterocycles. The first kappa shape index (κ1) is 39.8. The van der Waals surface area contributed by atoms with Gasteiger partial charge in [-0.05, 0) is 47.5 Å². The maximum Gasteiger partial charge on any atom is 0.393 e. The third-order valence-corrected chi connectivity index (χ3v) is 11.4. The standard InChI is InChI=1S/C35H48F4N6O4Si2/c1-41-27-11-9-8-10-23(27)20-42-34-31-29(45(44-32(31)33(40)46)21-47-12-14-50(2,3)4)18-28(43-34)25-17-26(36)30(16-24(25)19-35(37,38)39)49-22-48-13-15-51(5,6)7/h8-11,16-18,41H,12-15,19-22H2,1-7H3,(H2,40,46)(H,42,43). The van der Waals surface area contributed by atoms with Crippen LogP contribution in [0.3, 0.4) is 0 Å². The molecular formula is C35H48F4N6O4Si2. The second-order valence-electron chi connectivity index (χ2n) is 14.8. The van der Waals surface area contributed by atoms with E-state index in [2.05, 4.69) is 60.0 Å². The first-order valence-corrected chi connectivity index (χ1v) is 24.2. The number of fused-ring (bicyclic) bond motifs is 1. The van der Waals surface area contributed by atoms with E-state index in [1.165, 1.54) is 10.7 Å². The lowest BCUT2D eigenvalue weighted by atomic mass is 9.99. The maximum absolute atomic E-state index is 15.6. The van der Waals surface area contributed by atoms with E-state index in [-0.39, 0.29) is 59.5 Å². The monoisotopic (exact) mass is 748 g/mol. The fraction of sp³-hybridized carbons (Fsp3) is 0.457. The number of hydrogen-bond acceptors (Lipinski definition) is 8. The van der Waals surface area contributed by atoms with E-state index in [1.807, 2.05) is 24.3 Å². The summed E-state index contributed by atoms with van der Waals surface area (Å²) in [5.74, 6) is -1.95. The molecule has 0 radical (unpaired) electrons. The number of carbonyl (C=O) groups is 1. The van der Waals surface area contributed by atoms with Crippen LogP contribution in [-0.4, -0.2) is 70.1 Å². The number of benzene rings is 2. The first-order chi connectivity index (χ1) is 23.8. The van der Waals surface area contributed by atoms with Crippen LogP contribution >= 0.6 is 0 Å². The Labute approximate surface area is 298 Å². The Morgan fingerprint density at radius 2 is 1.63 bits per heavy atom. The minimum absolute atomic E-state index is 0.0160. The zero-order valence-corrected chi connectivity index (χ0v) is 32.3. The molecule has 278 valence electrons. The van der Waals surface area contributed by atoms with E-state index < -0.39 is 40.5 Å². The van der Waals surface area contributed by atoms with Gasteiger partial charge in [0.2, 0.25) is 0 Å². The molecule has 16 heteroatoms. The van der Waals surface area contributed by atoms with Gasteiger partial charge in [0.05, 0.1) is 23.0 Å². The molecule has 4 N–H and O–H groups in total. The number of anilines is 2. The van der Waals surface area contributed by atoms with E-state index in [0.29, 0.717) is 18.7 Å². The highest BCUT2D eigenvalue weighted by Crippen LogP contribution is 2.37. The highest BCUT2D eigenvalue weighted by molar-refractivity contribution is 6.76. The van der Waals surface area contributed by atoms with Crippen molar-refractivity contribution in [2.75, 3.05) is 37.7 Å². The Bertz CT molecular complexity index is 1820. The normalized spacial score (nSPS) is 12.4. The maximum atomic E-state index is 15.6. The molecule has 0 fully saturated rings. The fourth-order valence-electron chi connectivity index (χ4n) is 5.21. The van der Waals surface area contributed by atoms with Crippen molar-refractivity contribution in [2.45, 2.75) is 77.2 Å². The predicted octanol–water partition coefficient (Wildman–Crippen LogP) is 8.10. The Balaban J connectivity index is 1.83. The second-order valence-corrected chi connectivity index (χ2v) is 26.0. The fourth-order valence-corrected chi connectivity index (χ4v) is 6.72. The summed E-state index contributed by atoms with van der Waals surface area (Å²) >= 11 is 0. The molecule has 4 rings (SSSR count). The Morgan fingerprint density at radius 1 is 0.961 bits per heavy atom. The van der Waals surface area contributed by atoms with Crippen LogP contribution in [0, 0.1) is 5.82 Å². The predicted molar refractivity (Wildman–Crippen MR) is 198 cm³/mol. The SMILES string of the molecule is CNc1ccccc1CNc1nc(-c2cc(F)c(OCOCC[Si](C)(C)C)cc2CC(F)(F)F)cc2c1c(C(N)=O)nn2COCC[Si](C)(C)C. The molecule has 1 amide bonds. The van der Waals surface area contributed by atoms with Gasteiger partial charge in [0.25, 0.3) is 5.91 Å². The molecule has 0 saturated carbocycles. The van der Waals surface area contributed by atoms with Crippen LogP contribution in [0.15, 0.2) is 42.5 Å². The summed E-state index contributed by atoms with van der Waals surface area (Å²) in [6.07, 6.45) is -6.01. The number of pyridine rings is 1. The van der Waals surface area contributed by atoms with Gasteiger partial charge in [-0.3, -0.25) is 4.79 Å². The van der Waals surface area contributed by atoms with Crippen molar-refractivity contribution in [2.24, 2.45) is 5.73 Å². The second kappa shape index (κ2) is 16.6. The largest absolute Gasteiger partial charge is 0.464 e. The van der Waals surface area contributed by atoms with Crippen molar-refractivity contribution in [3.63, 3.8) is 0 Å². The van der Waals surface area contributed by atoms with Crippen molar-refractivity contribution in [3.05, 3.63) is 65.1 Å². The summed E-state index contributed by atoms with van der Waals surface area (Å²) in [7, 11) is -1.05. The molecule has 0 aliphatic rings. The number of primary amides is 1. The Morgan fingerprint density at radius 3 is 2.25 bits per heavy atom. The van der Waals surface area contributed by atoms with Crippen molar-refractivity contribution in [3.8, 4) is 17.0 Å². The van der Waals surface area contributed by atoms with Gasteiger partial charge in [0, 0.05) is 54.2 Å². The number of ether oxygens (including phenoxy) is 3. The molecule has 0 unspecified atom stereocenters. The van der Waals surface area contributed by atoms with Crippen LogP contribution in [0.2, 0.25) is 51.4 Å². The Kier molecular flexibility index (Phi) is 12.9. The lowest BCUT2D eigenvalue weighted by molar-refractivity contribution is -0.127. The summed E-state index contributed by atoms with van der Waals surface area (Å²) in [6, 6.07) is 12.7. The molecule has 51 heavy (non-hydrogen) atoms. The quantitative estimate of drug-likeness (QED) is 0.0404. The lowest BCUT2D eigenvalue weighted by Gasteiger charge is -2.18. The van der Waals surface area contributed by atoms with Gasteiger partial charge in [-0.25, -0.2) is 14.1 Å². The zero-order valence-electron chi connectivity index (χ0n) is 30.3. The number of nitrogens with two attached hydrogens (primary N) is 1. The Hall–Kier alpha value is -4.00. The number of carbonyl (C=O) groups excluding carboxylic acids is 1. The van der Waals surface area contributed by atoms with Crippen LogP contribution in [-0.2, 0) is 29.2 Å². The van der Waals surface area contributed by atoms with Crippen molar-refractivity contribution in [1.82, 2.24) is 14.8 Å². The molecule has 2 aromatic heterocycles. The van der Waals surface area contributed by atoms with E-state index in [0.717, 1.165) is 35.5 Å². The van der Waals surface area contributed by atoms with Gasteiger partial charge in [0.1, 0.15) is 12.5 Å². The summed E-state index contributed by atoms with van der Waals surface area (Å²) in [5, 5.41) is 11.0. The smallest absolute Gasteiger partial charge is 0.393 e. The van der Waals surface area contributed by atoms with Crippen molar-refractivity contribution in [1.29, 1.82) is 0 Å². The number of alkyl halides is 3. The molecule has 0 aliphatic carbocycles. The molecule has 2 heterocycles. The van der Waals surface area contributed by atoms with Crippen LogP contribution < -0.4 is 21.1 Å². The van der Waals surface area contributed by atoms with Gasteiger partial charge >= 0.3 is 6.18 Å². The number of para-hydroxylation sites is 1. The number of nitrogens with one attached hydrogen (secondary N) is 2. The third-order valence-electron chi connectivity index (χ3n) is 8.03. The lowest BCUT2D eigenvalue weighted by Crippen LogP contribution is -2.22. The number of halogens is 4. The summed E-state index contributed by atoms with van der Waals surface area (Å²) in [4.78, 5) is 17.4. The number of aromatic nitrogens is 3. The van der Waals surface area contributed by atoms with Gasteiger partial charge in [0.15, 0.2) is 24.1 Å². The van der Waals surface area contributed by atoms with Crippen LogP contribution in [0.25, 0.3) is 22.2 Å². The van der Waals surface area contributed by atoms with E-state index in [1.54, 1.807) is 7.05 Å². The first-order valence-electron chi connectivity index (χ1n) is 16.7. The molecule has 10 nitrogen and oxygen atoms in total. The van der Waals surface area contributed by atoms with Crippen molar-refractivity contribution < 1.29 is 36.6 Å². The minimum Gasteiger partial charge on any atom is -0.464 e. The summed E-state index contributed by atoms with van der Waals surface area (Å²) < 4.78 is 75.9. The highest BCUT2D eigenvalue weighted by Gasteiger charge is 2.31. The molecule has 0 spiro atoms. The van der Waals surface area contributed by atoms with Crippen LogP contribution in [0.4, 0.5) is 29.1 Å². The molecule has 0 aliphatic heterocycles. The molecule has 0 atom stereocenters. The number of nitrogens with zero attached hydrogens (tertiary/aromatic N) is 3. The molecule has 0 bridgehead atoms. The van der Waals surface area contributed by atoms with E-state index in [9.17, 15) is 18.0 Å². The van der Waals surface area contributed by atoms with Gasteiger partial charge in [-0.15, -0.1) is 0 Å². The molecule has 4 aromatic rings. The van der Waals surface area contributed by atoms with Gasteiger partial charge < -0.3 is 30.6 Å². The molecular weight excluding hydrogens is 701 g/mol. The summed E-state index contributed by atoms with van der Waals surface area (Å²) in [5.41, 5.74) is 7.33. The highest BCUT2D eigenvalue weighted by atomic mass is 28.3. The van der Waals surface area contributed by atoms with E-state index in [4.69, 9.17) is 19.9 Å². The average molecular weight is 749 g/mol. The number of hydrogen-bond donors (Lipinski definition) is 3. The molecule has 2 aromatic carbocycles. The zero-order chi connectivity index (χ0) is 37.6. The third kappa shape index (κ3) is 11.5. The van der Waals surface area contributed by atoms with Crippen molar-refractivity contribution >= 4 is 44.5 Å². The van der Waals surface area contributed by atoms with E-state index >= 15 is 4.39 Å². The summed E-state index contributed by atoms with van der Waals surface area (Å²) in [6.45, 7) is 13.8. The average Bonchev–Trinajstić information content (AvgIpc) is 3.40. The van der Waals surface area contributed by atoms with Crippen LogP contribution in [0.1, 0.15) is 21.6 Å². The van der Waals surface area contributed by atoms with Gasteiger partial charge in [-0.2, -0.15) is 18.3 Å². The van der Waals surface area contributed by atoms with Gasteiger partial charge in [-0.1, -0.05) is 57.5 Å². The topological polar surface area (TPSA) is 126 Å². The number of rotatable bonds is 18. The number of amides is 1.